The second kappa shape index (κ2) is 5.01. The van der Waals surface area contributed by atoms with Crippen molar-refractivity contribution in [3.05, 3.63) is 53.0 Å². The van der Waals surface area contributed by atoms with Gasteiger partial charge in [0.25, 0.3) is 0 Å². The van der Waals surface area contributed by atoms with Gasteiger partial charge in [-0.15, -0.1) is 0 Å². The lowest BCUT2D eigenvalue weighted by Crippen LogP contribution is -2.06. The van der Waals surface area contributed by atoms with Crippen LogP contribution in [0, 0.1) is 0 Å². The molecule has 19 heavy (non-hydrogen) atoms. The third kappa shape index (κ3) is 2.61. The lowest BCUT2D eigenvalue weighted by Gasteiger charge is -2.07. The molecule has 0 fully saturated rings. The predicted molar refractivity (Wildman–Crippen MR) is 80.0 cm³/mol. The van der Waals surface area contributed by atoms with E-state index in [1.54, 1.807) is 11.0 Å². The molecule has 96 valence electrons. The number of nitrogens with zero attached hydrogens (tertiary/aromatic N) is 3. The topological polar surface area (TPSA) is 42.7 Å². The molecule has 0 radical (unpaired) electrons. The highest BCUT2D eigenvalue weighted by molar-refractivity contribution is 9.10. The van der Waals surface area contributed by atoms with Gasteiger partial charge in [0.2, 0.25) is 0 Å². The lowest BCUT2D eigenvalue weighted by atomic mass is 10.1. The number of hydrogen-bond acceptors (Lipinski definition) is 3. The van der Waals surface area contributed by atoms with Crippen LogP contribution in [0.3, 0.4) is 0 Å². The first-order chi connectivity index (χ1) is 9.22. The first kappa shape index (κ1) is 12.2. The molecule has 3 rings (SSSR count). The quantitative estimate of drug-likeness (QED) is 0.805. The summed E-state index contributed by atoms with van der Waals surface area (Å²) in [6, 6.07) is 12.6. The average molecular weight is 317 g/mol. The minimum absolute atomic E-state index is 0.665. The van der Waals surface area contributed by atoms with Crippen molar-refractivity contribution in [2.75, 3.05) is 5.32 Å². The van der Waals surface area contributed by atoms with Crippen molar-refractivity contribution in [2.24, 2.45) is 7.05 Å². The van der Waals surface area contributed by atoms with E-state index in [4.69, 9.17) is 0 Å². The second-order valence-corrected chi connectivity index (χ2v) is 5.28. The van der Waals surface area contributed by atoms with Gasteiger partial charge in [0, 0.05) is 17.2 Å². The van der Waals surface area contributed by atoms with Crippen molar-refractivity contribution < 1.29 is 0 Å². The molecule has 1 N–H and O–H groups in total. The number of aromatic nitrogens is 3. The molecule has 0 bridgehead atoms. The monoisotopic (exact) mass is 316 g/mol. The Bertz CT molecular complexity index is 720. The van der Waals surface area contributed by atoms with Crippen molar-refractivity contribution in [1.82, 2.24) is 14.8 Å². The molecule has 0 unspecified atom stereocenters. The predicted octanol–water partition coefficient (Wildman–Crippen LogP) is 3.34. The Kier molecular flexibility index (Phi) is 3.21. The smallest absolute Gasteiger partial charge is 0.145 e. The van der Waals surface area contributed by atoms with Gasteiger partial charge in [-0.3, -0.25) is 4.68 Å². The minimum Gasteiger partial charge on any atom is -0.378 e. The van der Waals surface area contributed by atoms with Crippen LogP contribution in [-0.2, 0) is 13.6 Å². The summed E-state index contributed by atoms with van der Waals surface area (Å²) in [5.41, 5.74) is 1.08. The number of rotatable bonds is 3. The summed E-state index contributed by atoms with van der Waals surface area (Å²) < 4.78 is 2.87. The molecule has 0 aliphatic heterocycles. The molecule has 0 amide bonds. The van der Waals surface area contributed by atoms with Crippen LogP contribution >= 0.6 is 15.9 Å². The molecule has 0 saturated carbocycles. The Balaban J connectivity index is 1.82. The van der Waals surface area contributed by atoms with Crippen LogP contribution in [0.25, 0.3) is 10.8 Å². The molecule has 0 saturated heterocycles. The molecule has 2 aromatic carbocycles. The number of hydrogen-bond donors (Lipinski definition) is 1. The van der Waals surface area contributed by atoms with E-state index in [0.717, 1.165) is 16.0 Å². The zero-order valence-electron chi connectivity index (χ0n) is 10.5. The highest BCUT2D eigenvalue weighted by Crippen LogP contribution is 2.23. The molecule has 0 aliphatic rings. The summed E-state index contributed by atoms with van der Waals surface area (Å²) in [5, 5.41) is 9.84. The van der Waals surface area contributed by atoms with E-state index in [9.17, 15) is 0 Å². The number of halogens is 1. The van der Waals surface area contributed by atoms with E-state index < -0.39 is 0 Å². The summed E-state index contributed by atoms with van der Waals surface area (Å²) in [7, 11) is 1.89. The summed E-state index contributed by atoms with van der Waals surface area (Å²) in [6.45, 7) is 0.665. The van der Waals surface area contributed by atoms with Crippen LogP contribution in [0.1, 0.15) is 5.82 Å². The molecular formula is C14H13BrN4. The molecule has 3 aromatic rings. The van der Waals surface area contributed by atoms with Crippen molar-refractivity contribution in [1.29, 1.82) is 0 Å². The number of benzene rings is 2. The molecule has 0 atom stereocenters. The first-order valence-corrected chi connectivity index (χ1v) is 6.78. The van der Waals surface area contributed by atoms with Gasteiger partial charge in [0.15, 0.2) is 0 Å². The first-order valence-electron chi connectivity index (χ1n) is 5.98. The van der Waals surface area contributed by atoms with Crippen LogP contribution in [0.2, 0.25) is 0 Å². The highest BCUT2D eigenvalue weighted by Gasteiger charge is 2.01. The molecule has 1 aromatic heterocycles. The zero-order chi connectivity index (χ0) is 13.2. The van der Waals surface area contributed by atoms with Gasteiger partial charge in [-0.25, -0.2) is 4.98 Å². The van der Waals surface area contributed by atoms with Gasteiger partial charge in [-0.1, -0.05) is 28.1 Å². The van der Waals surface area contributed by atoms with Gasteiger partial charge >= 0.3 is 0 Å². The Hall–Kier alpha value is -1.88. The highest BCUT2D eigenvalue weighted by atomic mass is 79.9. The maximum atomic E-state index is 4.19. The Morgan fingerprint density at radius 2 is 1.95 bits per heavy atom. The van der Waals surface area contributed by atoms with E-state index in [0.29, 0.717) is 6.54 Å². The summed E-state index contributed by atoms with van der Waals surface area (Å²) >= 11 is 3.48. The van der Waals surface area contributed by atoms with E-state index in [1.165, 1.54) is 10.8 Å². The number of aryl methyl sites for hydroxylation is 1. The fourth-order valence-corrected chi connectivity index (χ4v) is 2.37. The largest absolute Gasteiger partial charge is 0.378 e. The van der Waals surface area contributed by atoms with Crippen LogP contribution in [-0.4, -0.2) is 14.8 Å². The standard InChI is InChI=1S/C14H13BrN4/c1-19-14(17-9-18-19)8-16-13-5-3-10-6-12(15)4-2-11(10)7-13/h2-7,9,16H,8H2,1H3. The number of anilines is 1. The Morgan fingerprint density at radius 3 is 2.74 bits per heavy atom. The Morgan fingerprint density at radius 1 is 1.16 bits per heavy atom. The molecule has 5 heteroatoms. The average Bonchev–Trinajstić information content (AvgIpc) is 2.82. The SMILES string of the molecule is Cn1ncnc1CNc1ccc2cc(Br)ccc2c1. The maximum absolute atomic E-state index is 4.19. The van der Waals surface area contributed by atoms with E-state index in [2.05, 4.69) is 67.7 Å². The van der Waals surface area contributed by atoms with E-state index in [1.807, 2.05) is 7.05 Å². The third-order valence-electron chi connectivity index (χ3n) is 3.06. The maximum Gasteiger partial charge on any atom is 0.145 e. The molecule has 0 spiro atoms. The van der Waals surface area contributed by atoms with E-state index in [-0.39, 0.29) is 0 Å². The minimum atomic E-state index is 0.665. The molecule has 1 heterocycles. The Labute approximate surface area is 119 Å². The van der Waals surface area contributed by atoms with Crippen molar-refractivity contribution in [2.45, 2.75) is 6.54 Å². The van der Waals surface area contributed by atoms with Gasteiger partial charge in [-0.05, 0) is 35.0 Å². The lowest BCUT2D eigenvalue weighted by molar-refractivity contribution is 0.712. The van der Waals surface area contributed by atoms with Gasteiger partial charge < -0.3 is 5.32 Å². The number of fused-ring (bicyclic) bond motifs is 1. The zero-order valence-corrected chi connectivity index (χ0v) is 12.1. The van der Waals surface area contributed by atoms with Gasteiger partial charge in [0.05, 0.1) is 6.54 Å². The molecule has 4 nitrogen and oxygen atoms in total. The fraction of sp³-hybridized carbons (Fsp3) is 0.143. The van der Waals surface area contributed by atoms with Gasteiger partial charge in [-0.2, -0.15) is 5.10 Å². The normalized spacial score (nSPS) is 10.8. The van der Waals surface area contributed by atoms with Gasteiger partial charge in [0.1, 0.15) is 12.2 Å². The van der Waals surface area contributed by atoms with Crippen LogP contribution in [0.5, 0.6) is 0 Å². The van der Waals surface area contributed by atoms with Crippen LogP contribution in [0.4, 0.5) is 5.69 Å². The second-order valence-electron chi connectivity index (χ2n) is 4.36. The van der Waals surface area contributed by atoms with Crippen LogP contribution < -0.4 is 5.32 Å². The molecular weight excluding hydrogens is 304 g/mol. The van der Waals surface area contributed by atoms with Crippen molar-refractivity contribution in [3.8, 4) is 0 Å². The third-order valence-corrected chi connectivity index (χ3v) is 3.55. The van der Waals surface area contributed by atoms with E-state index >= 15 is 0 Å². The van der Waals surface area contributed by atoms with Crippen molar-refractivity contribution in [3.63, 3.8) is 0 Å². The summed E-state index contributed by atoms with van der Waals surface area (Å²) in [6.07, 6.45) is 1.56. The summed E-state index contributed by atoms with van der Waals surface area (Å²) in [4.78, 5) is 4.19. The number of nitrogens with one attached hydrogen (secondary N) is 1. The fourth-order valence-electron chi connectivity index (χ4n) is 1.99. The molecule has 0 aliphatic carbocycles. The van der Waals surface area contributed by atoms with Crippen molar-refractivity contribution >= 4 is 32.4 Å². The summed E-state index contributed by atoms with van der Waals surface area (Å²) in [5.74, 6) is 0.913. The van der Waals surface area contributed by atoms with Crippen LogP contribution in [0.15, 0.2) is 47.2 Å².